The van der Waals surface area contributed by atoms with Gasteiger partial charge in [-0.1, -0.05) is 30.3 Å². The van der Waals surface area contributed by atoms with Crippen LogP contribution in [0.2, 0.25) is 0 Å². The van der Waals surface area contributed by atoms with Gasteiger partial charge in [-0.2, -0.15) is 0 Å². The molecular formula is C33H38N4O4. The molecule has 214 valence electrons. The lowest BCUT2D eigenvalue weighted by Gasteiger charge is -2.38. The average Bonchev–Trinajstić information content (AvgIpc) is 2.99. The Balaban J connectivity index is 1.29. The number of carbonyl (C=O) groups is 1. The summed E-state index contributed by atoms with van der Waals surface area (Å²) in [6.07, 6.45) is 2.76. The van der Waals surface area contributed by atoms with Gasteiger partial charge in [-0.05, 0) is 79.3 Å². The van der Waals surface area contributed by atoms with Crippen LogP contribution in [0.25, 0.3) is 10.9 Å². The van der Waals surface area contributed by atoms with Gasteiger partial charge in [0, 0.05) is 36.8 Å². The van der Waals surface area contributed by atoms with Crippen molar-refractivity contribution < 1.29 is 19.0 Å². The first kappa shape index (κ1) is 28.2. The standard InChI is InChI=1S/C33H38N4O4/c1-22-19-29(26-7-5-6-8-28(26)35-22)36-33(38)34-16-18-37-17-15-24-20-31(40-3)32(41-4)21-27(24)30(37)14-11-23-9-12-25(39-2)13-10-23/h5-10,12-13,19-21,30H,11,14-18H2,1-4H3,(H2,34,35,36,38). The number of hydrogen-bond donors (Lipinski definition) is 2. The van der Waals surface area contributed by atoms with E-state index in [0.29, 0.717) is 6.54 Å². The molecule has 1 aliphatic heterocycles. The van der Waals surface area contributed by atoms with Gasteiger partial charge >= 0.3 is 6.03 Å². The van der Waals surface area contributed by atoms with Crippen LogP contribution >= 0.6 is 0 Å². The Kier molecular flexibility index (Phi) is 8.89. The van der Waals surface area contributed by atoms with Crippen LogP contribution in [0.4, 0.5) is 10.5 Å². The summed E-state index contributed by atoms with van der Waals surface area (Å²) in [5.74, 6) is 2.35. The minimum atomic E-state index is -0.223. The number of nitrogens with one attached hydrogen (secondary N) is 2. The van der Waals surface area contributed by atoms with Crippen molar-refractivity contribution in [3.8, 4) is 17.2 Å². The summed E-state index contributed by atoms with van der Waals surface area (Å²) in [5.41, 5.74) is 6.28. The summed E-state index contributed by atoms with van der Waals surface area (Å²) >= 11 is 0. The highest BCUT2D eigenvalue weighted by molar-refractivity contribution is 6.00. The van der Waals surface area contributed by atoms with Gasteiger partial charge in [0.05, 0.1) is 32.5 Å². The van der Waals surface area contributed by atoms with E-state index in [9.17, 15) is 4.79 Å². The van der Waals surface area contributed by atoms with E-state index in [-0.39, 0.29) is 12.1 Å². The molecule has 4 aromatic rings. The number of methoxy groups -OCH3 is 3. The lowest BCUT2D eigenvalue weighted by molar-refractivity contribution is 0.176. The number of benzene rings is 3. The normalized spacial score (nSPS) is 14.8. The number of amides is 2. The van der Waals surface area contributed by atoms with E-state index in [1.54, 1.807) is 21.3 Å². The summed E-state index contributed by atoms with van der Waals surface area (Å²) in [7, 11) is 5.03. The van der Waals surface area contributed by atoms with Crippen LogP contribution in [-0.4, -0.2) is 56.9 Å². The van der Waals surface area contributed by atoms with Crippen molar-refractivity contribution in [2.24, 2.45) is 0 Å². The number of ether oxygens (including phenoxy) is 3. The van der Waals surface area contributed by atoms with Gasteiger partial charge in [0.25, 0.3) is 0 Å². The smallest absolute Gasteiger partial charge is 0.319 e. The number of aryl methyl sites for hydroxylation is 2. The van der Waals surface area contributed by atoms with E-state index < -0.39 is 0 Å². The SMILES string of the molecule is COc1ccc(CCC2c3cc(OC)c(OC)cc3CCN2CCNC(=O)Nc2cc(C)nc3ccccc23)cc1. The van der Waals surface area contributed by atoms with Gasteiger partial charge in [-0.3, -0.25) is 9.88 Å². The quantitative estimate of drug-likeness (QED) is 0.253. The van der Waals surface area contributed by atoms with Crippen LogP contribution in [0, 0.1) is 6.92 Å². The maximum absolute atomic E-state index is 12.9. The second-order valence-corrected chi connectivity index (χ2v) is 10.3. The van der Waals surface area contributed by atoms with Gasteiger partial charge in [0.15, 0.2) is 11.5 Å². The lowest BCUT2D eigenvalue weighted by Crippen LogP contribution is -2.42. The van der Waals surface area contributed by atoms with E-state index in [4.69, 9.17) is 14.2 Å². The van der Waals surface area contributed by atoms with Crippen molar-refractivity contribution in [1.29, 1.82) is 0 Å². The van der Waals surface area contributed by atoms with Gasteiger partial charge in [-0.25, -0.2) is 4.79 Å². The molecule has 2 heterocycles. The van der Waals surface area contributed by atoms with E-state index in [2.05, 4.69) is 44.8 Å². The van der Waals surface area contributed by atoms with E-state index in [0.717, 1.165) is 71.9 Å². The van der Waals surface area contributed by atoms with Gasteiger partial charge in [-0.15, -0.1) is 0 Å². The molecule has 0 spiro atoms. The number of anilines is 1. The van der Waals surface area contributed by atoms with Crippen LogP contribution in [-0.2, 0) is 12.8 Å². The molecule has 0 aliphatic carbocycles. The zero-order chi connectivity index (χ0) is 28.8. The molecule has 2 N–H and O–H groups in total. The highest BCUT2D eigenvalue weighted by Gasteiger charge is 2.29. The third-order valence-electron chi connectivity index (χ3n) is 7.76. The fourth-order valence-electron chi connectivity index (χ4n) is 5.67. The van der Waals surface area contributed by atoms with Crippen molar-refractivity contribution in [2.75, 3.05) is 46.3 Å². The Morgan fingerprint density at radius 1 is 0.976 bits per heavy atom. The molecular weight excluding hydrogens is 516 g/mol. The van der Waals surface area contributed by atoms with Crippen LogP contribution in [0.3, 0.4) is 0 Å². The molecule has 0 saturated carbocycles. The highest BCUT2D eigenvalue weighted by Crippen LogP contribution is 2.40. The maximum Gasteiger partial charge on any atom is 0.319 e. The third-order valence-corrected chi connectivity index (χ3v) is 7.76. The molecule has 0 radical (unpaired) electrons. The summed E-state index contributed by atoms with van der Waals surface area (Å²) in [6, 6.07) is 22.2. The largest absolute Gasteiger partial charge is 0.497 e. The number of hydrogen-bond acceptors (Lipinski definition) is 6. The summed E-state index contributed by atoms with van der Waals surface area (Å²) in [6.45, 7) is 4.08. The molecule has 2 amide bonds. The fourth-order valence-corrected chi connectivity index (χ4v) is 5.67. The zero-order valence-electron chi connectivity index (χ0n) is 24.2. The predicted molar refractivity (Wildman–Crippen MR) is 162 cm³/mol. The monoisotopic (exact) mass is 554 g/mol. The fraction of sp³-hybridized carbons (Fsp3) is 0.333. The molecule has 0 fully saturated rings. The minimum absolute atomic E-state index is 0.178. The number of para-hydroxylation sites is 1. The maximum atomic E-state index is 12.9. The van der Waals surface area contributed by atoms with Crippen molar-refractivity contribution in [3.05, 3.63) is 89.1 Å². The van der Waals surface area contributed by atoms with Gasteiger partial charge < -0.3 is 24.8 Å². The first-order valence-corrected chi connectivity index (χ1v) is 14.0. The molecule has 41 heavy (non-hydrogen) atoms. The second-order valence-electron chi connectivity index (χ2n) is 10.3. The second kappa shape index (κ2) is 12.9. The van der Waals surface area contributed by atoms with Crippen molar-refractivity contribution in [1.82, 2.24) is 15.2 Å². The molecule has 5 rings (SSSR count). The van der Waals surface area contributed by atoms with Crippen LogP contribution < -0.4 is 24.8 Å². The molecule has 8 nitrogen and oxygen atoms in total. The van der Waals surface area contributed by atoms with Crippen molar-refractivity contribution in [2.45, 2.75) is 32.2 Å². The molecule has 1 atom stereocenters. The molecule has 1 aliphatic rings. The molecule has 0 bridgehead atoms. The number of urea groups is 1. The Labute approximate surface area is 241 Å². The number of carbonyl (C=O) groups excluding carboxylic acids is 1. The molecule has 1 aromatic heterocycles. The molecule has 0 saturated heterocycles. The topological polar surface area (TPSA) is 85.0 Å². The number of nitrogens with zero attached hydrogens (tertiary/aromatic N) is 2. The summed E-state index contributed by atoms with van der Waals surface area (Å²) < 4.78 is 16.6. The number of aromatic nitrogens is 1. The first-order chi connectivity index (χ1) is 20.0. The predicted octanol–water partition coefficient (Wildman–Crippen LogP) is 5.92. The molecule has 3 aromatic carbocycles. The third kappa shape index (κ3) is 6.55. The van der Waals surface area contributed by atoms with Crippen LogP contribution in [0.15, 0.2) is 66.7 Å². The highest BCUT2D eigenvalue weighted by atomic mass is 16.5. The zero-order valence-corrected chi connectivity index (χ0v) is 24.2. The molecule has 1 unspecified atom stereocenters. The number of rotatable bonds is 10. The van der Waals surface area contributed by atoms with E-state index >= 15 is 0 Å². The Bertz CT molecular complexity index is 1510. The van der Waals surface area contributed by atoms with Crippen LogP contribution in [0.5, 0.6) is 17.2 Å². The number of pyridine rings is 1. The Morgan fingerprint density at radius 3 is 2.49 bits per heavy atom. The van der Waals surface area contributed by atoms with E-state index in [1.807, 2.05) is 49.4 Å². The van der Waals surface area contributed by atoms with Gasteiger partial charge in [0.1, 0.15) is 5.75 Å². The van der Waals surface area contributed by atoms with Crippen LogP contribution in [0.1, 0.15) is 34.8 Å². The molecule has 8 heteroatoms. The summed E-state index contributed by atoms with van der Waals surface area (Å²) in [4.78, 5) is 19.9. The van der Waals surface area contributed by atoms with Gasteiger partial charge in [0.2, 0.25) is 0 Å². The van der Waals surface area contributed by atoms with Crippen molar-refractivity contribution in [3.63, 3.8) is 0 Å². The van der Waals surface area contributed by atoms with Crippen molar-refractivity contribution >= 4 is 22.6 Å². The van der Waals surface area contributed by atoms with E-state index in [1.165, 1.54) is 16.7 Å². The Morgan fingerprint density at radius 2 is 1.73 bits per heavy atom. The number of fused-ring (bicyclic) bond motifs is 2. The first-order valence-electron chi connectivity index (χ1n) is 14.0. The lowest BCUT2D eigenvalue weighted by atomic mass is 9.88. The summed E-state index contributed by atoms with van der Waals surface area (Å²) in [5, 5.41) is 7.01. The Hall–Kier alpha value is -4.30. The minimum Gasteiger partial charge on any atom is -0.497 e. The average molecular weight is 555 g/mol.